The van der Waals surface area contributed by atoms with E-state index in [1.807, 2.05) is 0 Å². The van der Waals surface area contributed by atoms with Crippen LogP contribution in [-0.2, 0) is 4.74 Å². The number of morpholine rings is 1. The minimum Gasteiger partial charge on any atom is -0.373 e. The highest BCUT2D eigenvalue weighted by atomic mass is 16.5. The molecule has 2 aliphatic carbocycles. The summed E-state index contributed by atoms with van der Waals surface area (Å²) in [5, 5.41) is 0. The first-order valence-electron chi connectivity index (χ1n) is 9.47. The Morgan fingerprint density at radius 2 is 1.73 bits per heavy atom. The maximum absolute atomic E-state index is 5.89. The summed E-state index contributed by atoms with van der Waals surface area (Å²) in [5.74, 6) is 2.78. The lowest BCUT2D eigenvalue weighted by Gasteiger charge is -2.44. The lowest BCUT2D eigenvalue weighted by atomic mass is 9.92. The summed E-state index contributed by atoms with van der Waals surface area (Å²) in [6.07, 6.45) is 11.4. The summed E-state index contributed by atoms with van der Waals surface area (Å²) in [6, 6.07) is 0.796. The fourth-order valence-corrected chi connectivity index (χ4v) is 5.42. The predicted octanol–water partition coefficient (Wildman–Crippen LogP) is 2.77. The molecule has 3 nitrogen and oxygen atoms in total. The van der Waals surface area contributed by atoms with Gasteiger partial charge in [0.15, 0.2) is 0 Å². The first-order valence-corrected chi connectivity index (χ1v) is 9.47. The van der Waals surface area contributed by atoms with Crippen molar-refractivity contribution in [3.63, 3.8) is 0 Å². The molecule has 124 valence electrons. The van der Waals surface area contributed by atoms with Crippen LogP contribution in [0.3, 0.4) is 0 Å². The van der Waals surface area contributed by atoms with Gasteiger partial charge in [-0.25, -0.2) is 0 Å². The lowest BCUT2D eigenvalue weighted by molar-refractivity contribution is -0.0867. The highest BCUT2D eigenvalue weighted by Gasteiger charge is 2.37. The van der Waals surface area contributed by atoms with Gasteiger partial charge >= 0.3 is 0 Å². The van der Waals surface area contributed by atoms with Crippen molar-refractivity contribution in [3.05, 3.63) is 12.2 Å². The molecule has 2 aliphatic heterocycles. The second-order valence-corrected chi connectivity index (χ2v) is 8.28. The topological polar surface area (TPSA) is 15.7 Å². The number of allylic oxidation sites excluding steroid dienone is 2. The first kappa shape index (κ1) is 15.2. The molecule has 0 aromatic carbocycles. The van der Waals surface area contributed by atoms with Crippen LogP contribution in [0.4, 0.5) is 0 Å². The first-order chi connectivity index (χ1) is 10.7. The molecule has 0 spiro atoms. The van der Waals surface area contributed by atoms with Gasteiger partial charge in [-0.1, -0.05) is 12.2 Å². The molecule has 2 saturated heterocycles. The summed E-state index contributed by atoms with van der Waals surface area (Å²) < 4.78 is 5.89. The normalized spacial score (nSPS) is 44.0. The molecule has 0 N–H and O–H groups in total. The molecule has 3 fully saturated rings. The zero-order chi connectivity index (χ0) is 15.1. The number of nitrogens with zero attached hydrogens (tertiary/aromatic N) is 2. The van der Waals surface area contributed by atoms with Crippen LogP contribution in [0.25, 0.3) is 0 Å². The van der Waals surface area contributed by atoms with Gasteiger partial charge in [0.1, 0.15) is 0 Å². The Labute approximate surface area is 135 Å². The van der Waals surface area contributed by atoms with E-state index in [1.165, 1.54) is 45.3 Å². The van der Waals surface area contributed by atoms with Crippen molar-refractivity contribution in [2.24, 2.45) is 17.8 Å². The molecule has 2 heterocycles. The number of rotatable bonds is 3. The minimum absolute atomic E-state index is 0.405. The zero-order valence-electron chi connectivity index (χ0n) is 14.3. The fourth-order valence-electron chi connectivity index (χ4n) is 5.42. The van der Waals surface area contributed by atoms with Crippen LogP contribution < -0.4 is 0 Å². The molecule has 0 unspecified atom stereocenters. The Balaban J connectivity index is 1.25. The van der Waals surface area contributed by atoms with E-state index in [9.17, 15) is 0 Å². The van der Waals surface area contributed by atoms with Crippen LogP contribution in [0.15, 0.2) is 12.2 Å². The van der Waals surface area contributed by atoms with Gasteiger partial charge in [0.05, 0.1) is 12.2 Å². The van der Waals surface area contributed by atoms with Crippen molar-refractivity contribution in [2.75, 3.05) is 32.7 Å². The monoisotopic (exact) mass is 304 g/mol. The van der Waals surface area contributed by atoms with E-state index in [1.54, 1.807) is 0 Å². The Hall–Kier alpha value is -0.380. The third kappa shape index (κ3) is 3.13. The van der Waals surface area contributed by atoms with Gasteiger partial charge in [0.25, 0.3) is 0 Å². The molecular formula is C19H32N2O. The number of piperidine rings is 1. The zero-order valence-corrected chi connectivity index (χ0v) is 14.3. The van der Waals surface area contributed by atoms with E-state index in [2.05, 4.69) is 35.8 Å². The van der Waals surface area contributed by atoms with Crippen molar-refractivity contribution in [1.29, 1.82) is 0 Å². The number of likely N-dealkylation sites (tertiary alicyclic amines) is 1. The lowest BCUT2D eigenvalue weighted by Crippen LogP contribution is -2.53. The van der Waals surface area contributed by atoms with Crippen LogP contribution in [0.5, 0.6) is 0 Å². The Morgan fingerprint density at radius 3 is 2.32 bits per heavy atom. The van der Waals surface area contributed by atoms with Crippen molar-refractivity contribution in [1.82, 2.24) is 9.80 Å². The summed E-state index contributed by atoms with van der Waals surface area (Å²) in [7, 11) is 0. The summed E-state index contributed by atoms with van der Waals surface area (Å²) in [6.45, 7) is 10.7. The van der Waals surface area contributed by atoms with Gasteiger partial charge < -0.3 is 9.64 Å². The standard InChI is InChI=1S/C19H32N2O/c1-14-11-21(12-15(2)22-14)19-5-7-20(8-6-19)13-18-10-16-3-4-17(18)9-16/h3-4,14-19H,5-13H2,1-2H3/t14-,15-,16+,17+,18-/m1/s1. The van der Waals surface area contributed by atoms with Crippen LogP contribution in [-0.4, -0.2) is 60.8 Å². The van der Waals surface area contributed by atoms with E-state index >= 15 is 0 Å². The smallest absolute Gasteiger partial charge is 0.0678 e. The van der Waals surface area contributed by atoms with Gasteiger partial charge in [-0.15, -0.1) is 0 Å². The van der Waals surface area contributed by atoms with Crippen LogP contribution in [0, 0.1) is 17.8 Å². The Morgan fingerprint density at radius 1 is 1.00 bits per heavy atom. The predicted molar refractivity (Wildman–Crippen MR) is 89.9 cm³/mol. The van der Waals surface area contributed by atoms with E-state index in [0.717, 1.165) is 36.9 Å². The van der Waals surface area contributed by atoms with Gasteiger partial charge in [-0.3, -0.25) is 4.90 Å². The number of ether oxygens (including phenoxy) is 1. The van der Waals surface area contributed by atoms with E-state index < -0.39 is 0 Å². The molecular weight excluding hydrogens is 272 g/mol. The summed E-state index contributed by atoms with van der Waals surface area (Å²) >= 11 is 0. The molecule has 4 aliphatic rings. The maximum atomic E-state index is 5.89. The molecule has 5 atom stereocenters. The number of hydrogen-bond acceptors (Lipinski definition) is 3. The van der Waals surface area contributed by atoms with Gasteiger partial charge in [-0.2, -0.15) is 0 Å². The van der Waals surface area contributed by atoms with Crippen LogP contribution >= 0.6 is 0 Å². The Bertz CT molecular complexity index is 406. The van der Waals surface area contributed by atoms with Crippen molar-refractivity contribution in [2.45, 2.75) is 57.8 Å². The van der Waals surface area contributed by atoms with Crippen molar-refractivity contribution >= 4 is 0 Å². The number of fused-ring (bicyclic) bond motifs is 2. The summed E-state index contributed by atoms with van der Waals surface area (Å²) in [4.78, 5) is 5.46. The molecule has 0 aromatic rings. The molecule has 22 heavy (non-hydrogen) atoms. The Kier molecular flexibility index (Phi) is 4.31. The van der Waals surface area contributed by atoms with E-state index in [4.69, 9.17) is 4.74 Å². The molecule has 1 saturated carbocycles. The van der Waals surface area contributed by atoms with E-state index in [0.29, 0.717) is 12.2 Å². The minimum atomic E-state index is 0.405. The van der Waals surface area contributed by atoms with E-state index in [-0.39, 0.29) is 0 Å². The largest absolute Gasteiger partial charge is 0.373 e. The summed E-state index contributed by atoms with van der Waals surface area (Å²) in [5.41, 5.74) is 0. The second kappa shape index (κ2) is 6.26. The van der Waals surface area contributed by atoms with Gasteiger partial charge in [-0.05, 0) is 70.4 Å². The maximum Gasteiger partial charge on any atom is 0.0678 e. The third-order valence-corrected chi connectivity index (χ3v) is 6.43. The van der Waals surface area contributed by atoms with Gasteiger partial charge in [0, 0.05) is 25.7 Å². The quantitative estimate of drug-likeness (QED) is 0.746. The average molecular weight is 304 g/mol. The molecule has 3 heteroatoms. The average Bonchev–Trinajstić information content (AvgIpc) is 3.09. The number of hydrogen-bond donors (Lipinski definition) is 0. The molecule has 2 bridgehead atoms. The second-order valence-electron chi connectivity index (χ2n) is 8.28. The molecule has 0 radical (unpaired) electrons. The SMILES string of the molecule is C[C@@H]1CN(C2CCN(C[C@H]3C[C@H]4C=C[C@H]3C4)CC2)C[C@@H](C)O1. The van der Waals surface area contributed by atoms with Crippen molar-refractivity contribution in [3.8, 4) is 0 Å². The van der Waals surface area contributed by atoms with Crippen LogP contribution in [0.1, 0.15) is 39.5 Å². The fraction of sp³-hybridized carbons (Fsp3) is 0.895. The highest BCUT2D eigenvalue weighted by Crippen LogP contribution is 2.43. The molecule has 0 aromatic heterocycles. The van der Waals surface area contributed by atoms with Crippen molar-refractivity contribution < 1.29 is 4.74 Å². The third-order valence-electron chi connectivity index (χ3n) is 6.43. The highest BCUT2D eigenvalue weighted by molar-refractivity contribution is 5.10. The molecule has 0 amide bonds. The van der Waals surface area contributed by atoms with Crippen LogP contribution in [0.2, 0.25) is 0 Å². The van der Waals surface area contributed by atoms with Gasteiger partial charge in [0.2, 0.25) is 0 Å². The molecule has 4 rings (SSSR count).